The molecule has 2 fully saturated rings. The smallest absolute Gasteiger partial charge is 0.195 e. The van der Waals surface area contributed by atoms with E-state index in [1.54, 1.807) is 0 Å². The molecule has 1 heterocycles. The number of hydrogen-bond donors (Lipinski definition) is 1. The summed E-state index contributed by atoms with van der Waals surface area (Å²) >= 11 is 5.25. The van der Waals surface area contributed by atoms with Gasteiger partial charge in [0.05, 0.1) is 0 Å². The Kier molecular flexibility index (Phi) is 1.81. The zero-order chi connectivity index (χ0) is 9.71. The van der Waals surface area contributed by atoms with E-state index in [0.717, 1.165) is 10.7 Å². The summed E-state index contributed by atoms with van der Waals surface area (Å²) in [6, 6.07) is 0.659. The van der Waals surface area contributed by atoms with Crippen molar-refractivity contribution in [1.82, 2.24) is 14.8 Å². The first-order valence-electron chi connectivity index (χ1n) is 5.42. The van der Waals surface area contributed by atoms with Gasteiger partial charge in [-0.05, 0) is 43.8 Å². The molecule has 3 rings (SSSR count). The molecule has 0 unspecified atom stereocenters. The number of H-pyrrole nitrogens is 1. The Hall–Kier alpha value is -0.640. The average molecular weight is 209 g/mol. The number of nitrogens with one attached hydrogen (secondary N) is 1. The molecule has 14 heavy (non-hydrogen) atoms. The standard InChI is InChI=1S/C10H15N3S/c1-6-4-7(5-6)9-11-12-10(14)13(9)8-2-3-8/h6-8H,2-5H2,1H3,(H,12,14). The first kappa shape index (κ1) is 8.65. The number of nitrogens with zero attached hydrogens (tertiary/aromatic N) is 2. The van der Waals surface area contributed by atoms with Crippen LogP contribution in [0.4, 0.5) is 0 Å². The van der Waals surface area contributed by atoms with Gasteiger partial charge >= 0.3 is 0 Å². The van der Waals surface area contributed by atoms with E-state index in [1.165, 1.54) is 31.5 Å². The molecule has 0 spiro atoms. The third kappa shape index (κ3) is 1.24. The van der Waals surface area contributed by atoms with E-state index in [4.69, 9.17) is 12.2 Å². The molecule has 2 aliphatic carbocycles. The summed E-state index contributed by atoms with van der Waals surface area (Å²) in [5.74, 6) is 2.76. The minimum atomic E-state index is 0.659. The van der Waals surface area contributed by atoms with E-state index in [2.05, 4.69) is 21.7 Å². The van der Waals surface area contributed by atoms with E-state index in [-0.39, 0.29) is 0 Å². The fourth-order valence-electron chi connectivity index (χ4n) is 2.40. The molecule has 0 bridgehead atoms. The van der Waals surface area contributed by atoms with Gasteiger partial charge in [-0.3, -0.25) is 5.10 Å². The molecule has 0 saturated heterocycles. The Morgan fingerprint density at radius 1 is 1.43 bits per heavy atom. The summed E-state index contributed by atoms with van der Waals surface area (Å²) in [4.78, 5) is 0. The van der Waals surface area contributed by atoms with E-state index < -0.39 is 0 Å². The second kappa shape index (κ2) is 2.92. The third-order valence-electron chi connectivity index (χ3n) is 3.38. The second-order valence-corrected chi connectivity index (χ2v) is 5.15. The van der Waals surface area contributed by atoms with Crippen LogP contribution in [0, 0.1) is 10.7 Å². The van der Waals surface area contributed by atoms with Gasteiger partial charge in [-0.1, -0.05) is 6.92 Å². The molecule has 2 saturated carbocycles. The number of hydrogen-bond acceptors (Lipinski definition) is 2. The predicted octanol–water partition coefficient (Wildman–Crippen LogP) is 2.79. The molecule has 0 atom stereocenters. The average Bonchev–Trinajstić information content (AvgIpc) is 2.86. The van der Waals surface area contributed by atoms with Gasteiger partial charge < -0.3 is 4.57 Å². The lowest BCUT2D eigenvalue weighted by molar-refractivity contribution is 0.271. The lowest BCUT2D eigenvalue weighted by atomic mass is 9.75. The van der Waals surface area contributed by atoms with Crippen molar-refractivity contribution in [3.8, 4) is 0 Å². The Morgan fingerprint density at radius 2 is 2.14 bits per heavy atom. The first-order valence-corrected chi connectivity index (χ1v) is 5.83. The van der Waals surface area contributed by atoms with Gasteiger partial charge in [0, 0.05) is 12.0 Å². The van der Waals surface area contributed by atoms with Gasteiger partial charge in [-0.15, -0.1) is 0 Å². The van der Waals surface area contributed by atoms with Crippen LogP contribution in [0.3, 0.4) is 0 Å². The Balaban J connectivity index is 1.93. The lowest BCUT2D eigenvalue weighted by Gasteiger charge is -2.31. The molecule has 0 aliphatic heterocycles. The molecular formula is C10H15N3S. The van der Waals surface area contributed by atoms with Crippen LogP contribution in [-0.2, 0) is 0 Å². The van der Waals surface area contributed by atoms with Crippen molar-refractivity contribution < 1.29 is 0 Å². The highest BCUT2D eigenvalue weighted by Gasteiger charge is 2.35. The summed E-state index contributed by atoms with van der Waals surface area (Å²) in [7, 11) is 0. The summed E-state index contributed by atoms with van der Waals surface area (Å²) in [5, 5.41) is 7.32. The zero-order valence-electron chi connectivity index (χ0n) is 8.36. The maximum absolute atomic E-state index is 5.25. The van der Waals surface area contributed by atoms with Gasteiger partial charge in [0.2, 0.25) is 0 Å². The van der Waals surface area contributed by atoms with E-state index in [9.17, 15) is 0 Å². The monoisotopic (exact) mass is 209 g/mol. The first-order chi connectivity index (χ1) is 6.75. The maximum atomic E-state index is 5.25. The summed E-state index contributed by atoms with van der Waals surface area (Å²) in [6.45, 7) is 2.30. The largest absolute Gasteiger partial charge is 0.301 e. The molecule has 0 radical (unpaired) electrons. The van der Waals surface area contributed by atoms with Gasteiger partial charge in [-0.25, -0.2) is 0 Å². The molecule has 76 valence electrons. The predicted molar refractivity (Wildman–Crippen MR) is 56.8 cm³/mol. The quantitative estimate of drug-likeness (QED) is 0.760. The van der Waals surface area contributed by atoms with Crippen molar-refractivity contribution in [2.45, 2.75) is 44.6 Å². The van der Waals surface area contributed by atoms with Crippen LogP contribution in [0.25, 0.3) is 0 Å². The molecule has 4 heteroatoms. The fourth-order valence-corrected chi connectivity index (χ4v) is 2.69. The molecule has 1 aromatic heterocycles. The molecule has 2 aliphatic rings. The van der Waals surface area contributed by atoms with Crippen molar-refractivity contribution in [1.29, 1.82) is 0 Å². The van der Waals surface area contributed by atoms with Gasteiger partial charge in [0.15, 0.2) is 4.77 Å². The normalized spacial score (nSPS) is 31.5. The van der Waals surface area contributed by atoms with Crippen molar-refractivity contribution in [3.05, 3.63) is 10.6 Å². The molecule has 0 amide bonds. The topological polar surface area (TPSA) is 33.6 Å². The molecule has 1 N–H and O–H groups in total. The molecular weight excluding hydrogens is 194 g/mol. The number of aromatic nitrogens is 3. The van der Waals surface area contributed by atoms with E-state index >= 15 is 0 Å². The summed E-state index contributed by atoms with van der Waals surface area (Å²) in [6.07, 6.45) is 5.13. The fraction of sp³-hybridized carbons (Fsp3) is 0.800. The highest BCUT2D eigenvalue weighted by atomic mass is 32.1. The number of aromatic amines is 1. The molecule has 1 aromatic rings. The van der Waals surface area contributed by atoms with Crippen LogP contribution >= 0.6 is 12.2 Å². The third-order valence-corrected chi connectivity index (χ3v) is 3.67. The molecule has 3 nitrogen and oxygen atoms in total. The Labute approximate surface area is 88.5 Å². The number of rotatable bonds is 2. The van der Waals surface area contributed by atoms with Crippen LogP contribution < -0.4 is 0 Å². The van der Waals surface area contributed by atoms with Crippen LogP contribution in [0.1, 0.15) is 50.4 Å². The highest BCUT2D eigenvalue weighted by molar-refractivity contribution is 7.71. The zero-order valence-corrected chi connectivity index (χ0v) is 9.18. The minimum Gasteiger partial charge on any atom is -0.301 e. The van der Waals surface area contributed by atoms with E-state index in [0.29, 0.717) is 12.0 Å². The summed E-state index contributed by atoms with van der Waals surface area (Å²) in [5.41, 5.74) is 0. The summed E-state index contributed by atoms with van der Waals surface area (Å²) < 4.78 is 3.08. The van der Waals surface area contributed by atoms with Crippen molar-refractivity contribution >= 4 is 12.2 Å². The SMILES string of the molecule is CC1CC(c2n[nH]c(=S)n2C2CC2)C1. The van der Waals surface area contributed by atoms with Crippen molar-refractivity contribution in [2.24, 2.45) is 5.92 Å². The second-order valence-electron chi connectivity index (χ2n) is 4.76. The van der Waals surface area contributed by atoms with Crippen LogP contribution in [0.5, 0.6) is 0 Å². The van der Waals surface area contributed by atoms with Crippen molar-refractivity contribution in [2.75, 3.05) is 0 Å². The Morgan fingerprint density at radius 3 is 2.71 bits per heavy atom. The van der Waals surface area contributed by atoms with Gasteiger partial charge in [0.1, 0.15) is 5.82 Å². The molecule has 0 aromatic carbocycles. The Bertz CT molecular complexity index is 396. The lowest BCUT2D eigenvalue weighted by Crippen LogP contribution is -2.22. The van der Waals surface area contributed by atoms with E-state index in [1.807, 2.05) is 0 Å². The van der Waals surface area contributed by atoms with Crippen LogP contribution in [-0.4, -0.2) is 14.8 Å². The van der Waals surface area contributed by atoms with Gasteiger partial charge in [-0.2, -0.15) is 5.10 Å². The minimum absolute atomic E-state index is 0.659. The van der Waals surface area contributed by atoms with Crippen LogP contribution in [0.2, 0.25) is 0 Å². The highest BCUT2D eigenvalue weighted by Crippen LogP contribution is 2.44. The van der Waals surface area contributed by atoms with Crippen molar-refractivity contribution in [3.63, 3.8) is 0 Å². The van der Waals surface area contributed by atoms with Crippen LogP contribution in [0.15, 0.2) is 0 Å². The van der Waals surface area contributed by atoms with Gasteiger partial charge in [0.25, 0.3) is 0 Å². The maximum Gasteiger partial charge on any atom is 0.195 e.